The van der Waals surface area contributed by atoms with E-state index < -0.39 is 6.10 Å². The van der Waals surface area contributed by atoms with E-state index in [9.17, 15) is 9.50 Å². The molecule has 3 aromatic rings. The first-order valence-corrected chi connectivity index (χ1v) is 10.1. The quantitative estimate of drug-likeness (QED) is 0.478. The summed E-state index contributed by atoms with van der Waals surface area (Å²) >= 11 is 0. The molecule has 0 aliphatic carbocycles. The summed E-state index contributed by atoms with van der Waals surface area (Å²) in [7, 11) is 0. The van der Waals surface area contributed by atoms with E-state index in [2.05, 4.69) is 16.0 Å². The third kappa shape index (κ3) is 6.31. The van der Waals surface area contributed by atoms with Crippen LogP contribution in [-0.2, 0) is 13.1 Å². The van der Waals surface area contributed by atoms with Gasteiger partial charge in [0.1, 0.15) is 24.3 Å². The highest BCUT2D eigenvalue weighted by molar-refractivity contribution is 5.31. The lowest BCUT2D eigenvalue weighted by Gasteiger charge is -2.25. The summed E-state index contributed by atoms with van der Waals surface area (Å²) in [5.74, 6) is 0.557. The maximum Gasteiger partial charge on any atom is 0.123 e. The van der Waals surface area contributed by atoms with Crippen molar-refractivity contribution in [3.05, 3.63) is 102 Å². The van der Waals surface area contributed by atoms with E-state index in [4.69, 9.17) is 4.74 Å². The Balaban J connectivity index is 1.59. The average Bonchev–Trinajstić information content (AvgIpc) is 3.14. The minimum atomic E-state index is -0.629. The normalized spacial score (nSPS) is 12.1. The molecule has 0 fully saturated rings. The maximum atomic E-state index is 13.5. The van der Waals surface area contributed by atoms with Gasteiger partial charge >= 0.3 is 0 Å². The molecule has 0 saturated heterocycles. The Bertz CT molecular complexity index is 954. The second-order valence-electron chi connectivity index (χ2n) is 7.47. The van der Waals surface area contributed by atoms with E-state index in [0.29, 0.717) is 26.2 Å². The highest BCUT2D eigenvalue weighted by Gasteiger charge is 2.14. The molecule has 1 heterocycles. The van der Waals surface area contributed by atoms with Crippen LogP contribution >= 0.6 is 0 Å². The van der Waals surface area contributed by atoms with Gasteiger partial charge in [-0.3, -0.25) is 4.90 Å². The molecular formula is C25H29FN2O2. The minimum Gasteiger partial charge on any atom is -0.491 e. The largest absolute Gasteiger partial charge is 0.491 e. The number of rotatable bonds is 11. The van der Waals surface area contributed by atoms with E-state index in [1.54, 1.807) is 12.1 Å². The van der Waals surface area contributed by atoms with Crippen molar-refractivity contribution < 1.29 is 14.2 Å². The van der Waals surface area contributed by atoms with E-state index >= 15 is 0 Å². The molecular weight excluding hydrogens is 379 g/mol. The van der Waals surface area contributed by atoms with Crippen LogP contribution in [0.1, 0.15) is 16.8 Å². The van der Waals surface area contributed by atoms with E-state index in [1.165, 1.54) is 6.07 Å². The molecule has 0 saturated carbocycles. The summed E-state index contributed by atoms with van der Waals surface area (Å²) in [5, 5.41) is 10.5. The highest BCUT2D eigenvalue weighted by Crippen LogP contribution is 2.17. The van der Waals surface area contributed by atoms with Crippen LogP contribution in [0.15, 0.2) is 79.5 Å². The SMILES string of the molecule is C=CCN(Cc1cccn1Cc1cccc(F)c1)C[C@@H](O)COc1ccccc1C. The van der Waals surface area contributed by atoms with Crippen molar-refractivity contribution in [2.75, 3.05) is 19.7 Å². The molecule has 0 bridgehead atoms. The van der Waals surface area contributed by atoms with Crippen molar-refractivity contribution in [3.63, 3.8) is 0 Å². The van der Waals surface area contributed by atoms with E-state index in [-0.39, 0.29) is 12.4 Å². The standard InChI is InChI=1S/C25H29FN2O2/c1-3-13-27(18-24(29)19-30-25-12-5-4-8-20(25)2)17-23-11-7-14-28(23)16-21-9-6-10-22(26)15-21/h3-12,14-15,24,29H,1,13,16-19H2,2H3/t24-/m1/s1. The number of hydrogen-bond donors (Lipinski definition) is 1. The van der Waals surface area contributed by atoms with Gasteiger partial charge < -0.3 is 14.4 Å². The van der Waals surface area contributed by atoms with Gasteiger partial charge in [0.15, 0.2) is 0 Å². The summed E-state index contributed by atoms with van der Waals surface area (Å²) in [6.45, 7) is 8.40. The fourth-order valence-corrected chi connectivity index (χ4v) is 3.45. The van der Waals surface area contributed by atoms with E-state index in [1.807, 2.05) is 61.7 Å². The van der Waals surface area contributed by atoms with Crippen molar-refractivity contribution in [2.24, 2.45) is 0 Å². The predicted octanol–water partition coefficient (Wildman–Crippen LogP) is 4.41. The Hall–Kier alpha value is -2.89. The summed E-state index contributed by atoms with van der Waals surface area (Å²) in [6, 6.07) is 18.5. The van der Waals surface area contributed by atoms with Crippen molar-refractivity contribution in [1.29, 1.82) is 0 Å². The first-order valence-electron chi connectivity index (χ1n) is 10.1. The number of benzene rings is 2. The maximum absolute atomic E-state index is 13.5. The lowest BCUT2D eigenvalue weighted by Crippen LogP contribution is -2.36. The Morgan fingerprint density at radius 1 is 1.17 bits per heavy atom. The van der Waals surface area contributed by atoms with Gasteiger partial charge in [-0.1, -0.05) is 36.4 Å². The number of aryl methyl sites for hydroxylation is 1. The van der Waals surface area contributed by atoms with Crippen LogP contribution < -0.4 is 4.74 Å². The highest BCUT2D eigenvalue weighted by atomic mass is 19.1. The zero-order valence-electron chi connectivity index (χ0n) is 17.4. The topological polar surface area (TPSA) is 37.6 Å². The number of para-hydroxylation sites is 1. The second-order valence-corrected chi connectivity index (χ2v) is 7.47. The zero-order chi connectivity index (χ0) is 21.3. The molecule has 0 aliphatic rings. The number of hydrogen-bond acceptors (Lipinski definition) is 3. The predicted molar refractivity (Wildman–Crippen MR) is 118 cm³/mol. The number of ether oxygens (including phenoxy) is 1. The van der Waals surface area contributed by atoms with Gasteiger partial charge in [-0.2, -0.15) is 0 Å². The number of nitrogens with zero attached hydrogens (tertiary/aromatic N) is 2. The lowest BCUT2D eigenvalue weighted by molar-refractivity contribution is 0.0687. The Labute approximate surface area is 177 Å². The molecule has 1 N–H and O–H groups in total. The Morgan fingerprint density at radius 2 is 2.00 bits per heavy atom. The summed E-state index contributed by atoms with van der Waals surface area (Å²) < 4.78 is 21.4. The number of aliphatic hydroxyl groups is 1. The van der Waals surface area contributed by atoms with Crippen LogP contribution in [0, 0.1) is 12.7 Å². The molecule has 2 aromatic carbocycles. The van der Waals surface area contributed by atoms with Gasteiger partial charge in [-0.15, -0.1) is 6.58 Å². The molecule has 4 nitrogen and oxygen atoms in total. The zero-order valence-corrected chi connectivity index (χ0v) is 17.4. The van der Waals surface area contributed by atoms with Gasteiger partial charge in [0.25, 0.3) is 0 Å². The van der Waals surface area contributed by atoms with Crippen molar-refractivity contribution in [1.82, 2.24) is 9.47 Å². The Kier molecular flexibility index (Phi) is 7.82. The molecule has 1 atom stereocenters. The van der Waals surface area contributed by atoms with Crippen LogP contribution in [0.25, 0.3) is 0 Å². The van der Waals surface area contributed by atoms with Crippen LogP contribution in [0.2, 0.25) is 0 Å². The first-order chi connectivity index (χ1) is 14.5. The van der Waals surface area contributed by atoms with Gasteiger partial charge in [-0.05, 0) is 48.4 Å². The van der Waals surface area contributed by atoms with Crippen molar-refractivity contribution in [2.45, 2.75) is 26.1 Å². The molecule has 158 valence electrons. The van der Waals surface area contributed by atoms with Crippen LogP contribution in [0.3, 0.4) is 0 Å². The average molecular weight is 409 g/mol. The van der Waals surface area contributed by atoms with Crippen LogP contribution in [0.5, 0.6) is 5.75 Å². The van der Waals surface area contributed by atoms with Crippen molar-refractivity contribution >= 4 is 0 Å². The lowest BCUT2D eigenvalue weighted by atomic mass is 10.2. The third-order valence-corrected chi connectivity index (χ3v) is 4.93. The molecule has 0 spiro atoms. The summed E-state index contributed by atoms with van der Waals surface area (Å²) in [4.78, 5) is 2.12. The summed E-state index contributed by atoms with van der Waals surface area (Å²) in [5.41, 5.74) is 3.05. The molecule has 0 amide bonds. The van der Waals surface area contributed by atoms with Crippen LogP contribution in [-0.4, -0.2) is 40.4 Å². The van der Waals surface area contributed by atoms with Gasteiger partial charge in [0.2, 0.25) is 0 Å². The fraction of sp³-hybridized carbons (Fsp3) is 0.280. The van der Waals surface area contributed by atoms with Gasteiger partial charge in [0, 0.05) is 38.1 Å². The van der Waals surface area contributed by atoms with Crippen molar-refractivity contribution in [3.8, 4) is 5.75 Å². The molecule has 30 heavy (non-hydrogen) atoms. The Morgan fingerprint density at radius 3 is 2.77 bits per heavy atom. The minimum absolute atomic E-state index is 0.225. The van der Waals surface area contributed by atoms with Gasteiger partial charge in [-0.25, -0.2) is 4.39 Å². The monoisotopic (exact) mass is 408 g/mol. The first kappa shape index (κ1) is 21.8. The molecule has 0 aliphatic heterocycles. The third-order valence-electron chi connectivity index (χ3n) is 4.93. The molecule has 1 aromatic heterocycles. The smallest absolute Gasteiger partial charge is 0.123 e. The number of aliphatic hydroxyl groups excluding tert-OH is 1. The molecule has 3 rings (SSSR count). The van der Waals surface area contributed by atoms with Gasteiger partial charge in [0.05, 0.1) is 0 Å². The molecule has 0 unspecified atom stereocenters. The molecule has 5 heteroatoms. The fourth-order valence-electron chi connectivity index (χ4n) is 3.45. The molecule has 0 radical (unpaired) electrons. The van der Waals surface area contributed by atoms with E-state index in [0.717, 1.165) is 22.6 Å². The summed E-state index contributed by atoms with van der Waals surface area (Å²) in [6.07, 6.45) is 3.19. The number of halogens is 1. The number of aromatic nitrogens is 1. The van der Waals surface area contributed by atoms with Crippen LogP contribution in [0.4, 0.5) is 4.39 Å². The second kappa shape index (κ2) is 10.8.